The molecule has 0 spiro atoms. The summed E-state index contributed by atoms with van der Waals surface area (Å²) in [5.74, 6) is 0. The van der Waals surface area contributed by atoms with Gasteiger partial charge in [-0.2, -0.15) is 0 Å². The summed E-state index contributed by atoms with van der Waals surface area (Å²) in [6.07, 6.45) is 4.48. The molecule has 0 aliphatic carbocycles. The predicted molar refractivity (Wildman–Crippen MR) is 110 cm³/mol. The molecular formula is C21H29BrN2O2. The van der Waals surface area contributed by atoms with Gasteiger partial charge in [0.1, 0.15) is 5.60 Å². The number of carbonyl (C=O) groups excluding carboxylic acids is 1. The number of fused-ring (bicyclic) bond motifs is 1. The fourth-order valence-corrected chi connectivity index (χ4v) is 4.45. The molecule has 2 heterocycles. The Bertz CT molecular complexity index is 785. The fraction of sp³-hybridized carbons (Fsp3) is 0.571. The average Bonchev–Trinajstić information content (AvgIpc) is 2.86. The first-order valence-electron chi connectivity index (χ1n) is 9.53. The SMILES string of the molecule is CC(Cc1c(Br)n(C(=O)OC(C)(C)C)c2ccccc12)N1CCCCC1. The molecule has 3 rings (SSSR count). The maximum Gasteiger partial charge on any atom is 0.419 e. The lowest BCUT2D eigenvalue weighted by Crippen LogP contribution is -2.38. The van der Waals surface area contributed by atoms with E-state index in [2.05, 4.69) is 33.8 Å². The van der Waals surface area contributed by atoms with Crippen molar-refractivity contribution in [1.82, 2.24) is 9.47 Å². The van der Waals surface area contributed by atoms with Gasteiger partial charge in [0, 0.05) is 11.4 Å². The van der Waals surface area contributed by atoms with Gasteiger partial charge in [0.05, 0.1) is 10.1 Å². The molecule has 5 heteroatoms. The molecule has 26 heavy (non-hydrogen) atoms. The molecule has 1 atom stereocenters. The summed E-state index contributed by atoms with van der Waals surface area (Å²) in [6.45, 7) is 10.3. The highest BCUT2D eigenvalue weighted by Crippen LogP contribution is 2.33. The summed E-state index contributed by atoms with van der Waals surface area (Å²) in [5.41, 5.74) is 1.56. The van der Waals surface area contributed by atoms with Crippen LogP contribution >= 0.6 is 15.9 Å². The number of benzene rings is 1. The van der Waals surface area contributed by atoms with Crippen molar-refractivity contribution in [1.29, 1.82) is 0 Å². The molecule has 0 N–H and O–H groups in total. The molecule has 0 amide bonds. The number of para-hydroxylation sites is 1. The van der Waals surface area contributed by atoms with Crippen molar-refractivity contribution in [3.63, 3.8) is 0 Å². The van der Waals surface area contributed by atoms with Crippen molar-refractivity contribution in [2.75, 3.05) is 13.1 Å². The van der Waals surface area contributed by atoms with Crippen LogP contribution in [-0.4, -0.2) is 40.3 Å². The highest BCUT2D eigenvalue weighted by atomic mass is 79.9. The highest BCUT2D eigenvalue weighted by Gasteiger charge is 2.26. The standard InChI is InChI=1S/C21H29BrN2O2/c1-15(23-12-8-5-9-13-23)14-17-16-10-6-7-11-18(16)24(19(17)22)20(25)26-21(2,3)4/h6-7,10-11,15H,5,8-9,12-14H2,1-4H3. The van der Waals surface area contributed by atoms with Crippen molar-refractivity contribution in [3.05, 3.63) is 34.4 Å². The van der Waals surface area contributed by atoms with Gasteiger partial charge in [0.2, 0.25) is 0 Å². The fourth-order valence-electron chi connectivity index (χ4n) is 3.74. The van der Waals surface area contributed by atoms with E-state index in [9.17, 15) is 4.79 Å². The van der Waals surface area contributed by atoms with Gasteiger partial charge in [-0.05, 0) is 87.6 Å². The van der Waals surface area contributed by atoms with E-state index in [4.69, 9.17) is 4.74 Å². The first-order valence-corrected chi connectivity index (χ1v) is 10.3. The Kier molecular flexibility index (Phi) is 5.78. The minimum Gasteiger partial charge on any atom is -0.443 e. The van der Waals surface area contributed by atoms with E-state index in [1.54, 1.807) is 4.57 Å². The number of likely N-dealkylation sites (tertiary alicyclic amines) is 1. The van der Waals surface area contributed by atoms with E-state index in [-0.39, 0.29) is 6.09 Å². The third-order valence-electron chi connectivity index (χ3n) is 5.01. The second-order valence-corrected chi connectivity index (χ2v) is 9.00. The van der Waals surface area contributed by atoms with Crippen molar-refractivity contribution in [2.45, 2.75) is 65.0 Å². The molecule has 1 fully saturated rings. The van der Waals surface area contributed by atoms with Crippen LogP contribution in [0.1, 0.15) is 52.5 Å². The van der Waals surface area contributed by atoms with Crippen LogP contribution in [0.4, 0.5) is 4.79 Å². The zero-order valence-electron chi connectivity index (χ0n) is 16.2. The van der Waals surface area contributed by atoms with Gasteiger partial charge in [-0.1, -0.05) is 24.6 Å². The Morgan fingerprint density at radius 1 is 1.19 bits per heavy atom. The van der Waals surface area contributed by atoms with Gasteiger partial charge < -0.3 is 9.64 Å². The van der Waals surface area contributed by atoms with Crippen LogP contribution in [0, 0.1) is 0 Å². The first-order chi connectivity index (χ1) is 12.3. The van der Waals surface area contributed by atoms with Gasteiger partial charge in [-0.25, -0.2) is 9.36 Å². The molecule has 1 unspecified atom stereocenters. The first kappa shape index (κ1) is 19.4. The normalized spacial score (nSPS) is 17.4. The van der Waals surface area contributed by atoms with E-state index in [0.29, 0.717) is 6.04 Å². The number of carbonyl (C=O) groups is 1. The predicted octanol–water partition coefficient (Wildman–Crippen LogP) is 5.60. The van der Waals surface area contributed by atoms with Crippen molar-refractivity contribution < 1.29 is 9.53 Å². The lowest BCUT2D eigenvalue weighted by Gasteiger charge is -2.32. The maximum absolute atomic E-state index is 12.8. The maximum atomic E-state index is 12.8. The Morgan fingerprint density at radius 3 is 2.50 bits per heavy atom. The van der Waals surface area contributed by atoms with Gasteiger partial charge in [-0.15, -0.1) is 0 Å². The monoisotopic (exact) mass is 420 g/mol. The highest BCUT2D eigenvalue weighted by molar-refractivity contribution is 9.10. The summed E-state index contributed by atoms with van der Waals surface area (Å²) in [5, 5.41) is 1.12. The van der Waals surface area contributed by atoms with Crippen molar-refractivity contribution >= 4 is 32.9 Å². The van der Waals surface area contributed by atoms with Gasteiger partial charge >= 0.3 is 6.09 Å². The van der Waals surface area contributed by atoms with Crippen LogP contribution in [0.3, 0.4) is 0 Å². The number of halogens is 1. The smallest absolute Gasteiger partial charge is 0.419 e. The van der Waals surface area contributed by atoms with Crippen molar-refractivity contribution in [3.8, 4) is 0 Å². The molecule has 1 aliphatic heterocycles. The number of piperidine rings is 1. The molecule has 0 saturated carbocycles. The number of hydrogen-bond acceptors (Lipinski definition) is 3. The summed E-state index contributed by atoms with van der Waals surface area (Å²) in [4.78, 5) is 15.4. The topological polar surface area (TPSA) is 34.5 Å². The summed E-state index contributed by atoms with van der Waals surface area (Å²) < 4.78 is 8.11. The zero-order chi connectivity index (χ0) is 18.9. The lowest BCUT2D eigenvalue weighted by molar-refractivity contribution is 0.0540. The number of aromatic nitrogens is 1. The molecule has 1 aromatic carbocycles. The third kappa shape index (κ3) is 4.15. The quantitative estimate of drug-likeness (QED) is 0.647. The van der Waals surface area contributed by atoms with E-state index in [1.165, 1.54) is 37.9 Å². The average molecular weight is 421 g/mol. The van der Waals surface area contributed by atoms with Crippen LogP contribution in [0.15, 0.2) is 28.9 Å². The Labute approximate surface area is 164 Å². The summed E-state index contributed by atoms with van der Waals surface area (Å²) in [6, 6.07) is 8.53. The van der Waals surface area contributed by atoms with E-state index < -0.39 is 5.60 Å². The lowest BCUT2D eigenvalue weighted by atomic mass is 10.0. The largest absolute Gasteiger partial charge is 0.443 e. The third-order valence-corrected chi connectivity index (χ3v) is 5.84. The molecule has 1 saturated heterocycles. The Hall–Kier alpha value is -1.33. The number of ether oxygens (including phenoxy) is 1. The van der Waals surface area contributed by atoms with Crippen LogP contribution in [-0.2, 0) is 11.2 Å². The zero-order valence-corrected chi connectivity index (χ0v) is 17.8. The van der Waals surface area contributed by atoms with Gasteiger partial charge in [-0.3, -0.25) is 0 Å². The number of rotatable bonds is 3. The molecular weight excluding hydrogens is 392 g/mol. The molecule has 2 aromatic rings. The van der Waals surface area contributed by atoms with Crippen LogP contribution in [0.5, 0.6) is 0 Å². The Balaban J connectivity index is 1.95. The number of nitrogens with zero attached hydrogens (tertiary/aromatic N) is 2. The van der Waals surface area contributed by atoms with E-state index >= 15 is 0 Å². The van der Waals surface area contributed by atoms with Crippen LogP contribution in [0.2, 0.25) is 0 Å². The molecule has 142 valence electrons. The second-order valence-electron chi connectivity index (χ2n) is 8.25. The molecule has 0 radical (unpaired) electrons. The van der Waals surface area contributed by atoms with Gasteiger partial charge in [0.15, 0.2) is 0 Å². The molecule has 0 bridgehead atoms. The van der Waals surface area contributed by atoms with Crippen molar-refractivity contribution in [2.24, 2.45) is 0 Å². The number of hydrogen-bond donors (Lipinski definition) is 0. The van der Waals surface area contributed by atoms with Crippen LogP contribution < -0.4 is 0 Å². The molecule has 1 aromatic heterocycles. The summed E-state index contributed by atoms with van der Waals surface area (Å²) >= 11 is 3.70. The van der Waals surface area contributed by atoms with Crippen LogP contribution in [0.25, 0.3) is 10.9 Å². The molecule has 4 nitrogen and oxygen atoms in total. The van der Waals surface area contributed by atoms with Gasteiger partial charge in [0.25, 0.3) is 0 Å². The summed E-state index contributed by atoms with van der Waals surface area (Å²) in [7, 11) is 0. The minimum atomic E-state index is -0.525. The van der Waals surface area contributed by atoms with E-state index in [1.807, 2.05) is 39.0 Å². The Morgan fingerprint density at radius 2 is 1.85 bits per heavy atom. The second kappa shape index (κ2) is 7.73. The molecule has 1 aliphatic rings. The van der Waals surface area contributed by atoms with E-state index in [0.717, 1.165) is 21.9 Å². The minimum absolute atomic E-state index is 0.336.